The summed E-state index contributed by atoms with van der Waals surface area (Å²) in [5.74, 6) is 1.09. The highest BCUT2D eigenvalue weighted by molar-refractivity contribution is 9.10. The van der Waals surface area contributed by atoms with E-state index < -0.39 is 5.60 Å². The number of nitrogens with zero attached hydrogens (tertiary/aromatic N) is 3. The van der Waals surface area contributed by atoms with Crippen molar-refractivity contribution in [2.45, 2.75) is 58.1 Å². The summed E-state index contributed by atoms with van der Waals surface area (Å²) in [6, 6.07) is 9.90. The van der Waals surface area contributed by atoms with Gasteiger partial charge < -0.3 is 20.3 Å². The summed E-state index contributed by atoms with van der Waals surface area (Å²) in [4.78, 5) is 36.6. The second kappa shape index (κ2) is 10.3. The van der Waals surface area contributed by atoms with Gasteiger partial charge in [-0.15, -0.1) is 0 Å². The summed E-state index contributed by atoms with van der Waals surface area (Å²) in [6.07, 6.45) is 6.60. The molecular weight excluding hydrogens is 534 g/mol. The summed E-state index contributed by atoms with van der Waals surface area (Å²) < 4.78 is 6.32. The van der Waals surface area contributed by atoms with Crippen molar-refractivity contribution in [3.63, 3.8) is 0 Å². The number of hydrogen-bond acceptors (Lipinski definition) is 7. The Kier molecular flexibility index (Phi) is 7.07. The fraction of sp³-hybridized carbons (Fsp3) is 0.429. The van der Waals surface area contributed by atoms with Crippen LogP contribution < -0.4 is 15.5 Å². The molecule has 1 saturated heterocycles. The number of benzene rings is 1. The molecule has 9 heteroatoms. The van der Waals surface area contributed by atoms with E-state index in [2.05, 4.69) is 41.4 Å². The second-order valence-corrected chi connectivity index (χ2v) is 11.7. The van der Waals surface area contributed by atoms with Gasteiger partial charge >= 0.3 is 6.09 Å². The average molecular weight is 566 g/mol. The van der Waals surface area contributed by atoms with Gasteiger partial charge in [0.25, 0.3) is 0 Å². The largest absolute Gasteiger partial charge is 0.444 e. The van der Waals surface area contributed by atoms with Crippen molar-refractivity contribution in [2.75, 3.05) is 23.3 Å². The molecule has 3 aromatic rings. The molecule has 1 aliphatic carbocycles. The predicted octanol–water partition coefficient (Wildman–Crippen LogP) is 6.22. The van der Waals surface area contributed by atoms with Gasteiger partial charge in [0, 0.05) is 59.1 Å². The van der Waals surface area contributed by atoms with Gasteiger partial charge in [-0.1, -0.05) is 15.9 Å². The average Bonchev–Trinajstić information content (AvgIpc) is 3.69. The Balaban J connectivity index is 1.32. The van der Waals surface area contributed by atoms with Crippen LogP contribution in [0.15, 0.2) is 47.2 Å². The minimum absolute atomic E-state index is 0.0741. The highest BCUT2D eigenvalue weighted by Gasteiger charge is 2.32. The number of ketones is 1. The van der Waals surface area contributed by atoms with Crippen LogP contribution in [0.4, 0.5) is 22.0 Å². The van der Waals surface area contributed by atoms with Crippen molar-refractivity contribution in [2.24, 2.45) is 5.92 Å². The number of carbonyl (C=O) groups excluding carboxylic acids is 2. The first kappa shape index (κ1) is 25.4. The van der Waals surface area contributed by atoms with Crippen LogP contribution in [-0.4, -0.2) is 46.6 Å². The monoisotopic (exact) mass is 565 g/mol. The Hall–Kier alpha value is -3.20. The first-order chi connectivity index (χ1) is 17.7. The second-order valence-electron chi connectivity index (χ2n) is 10.8. The van der Waals surface area contributed by atoms with E-state index in [1.807, 2.05) is 51.1 Å². The van der Waals surface area contributed by atoms with Gasteiger partial charge in [0.05, 0.1) is 16.8 Å². The minimum Gasteiger partial charge on any atom is -0.444 e. The van der Waals surface area contributed by atoms with Gasteiger partial charge in [-0.25, -0.2) is 9.78 Å². The van der Waals surface area contributed by atoms with Gasteiger partial charge in [0.2, 0.25) is 0 Å². The van der Waals surface area contributed by atoms with Gasteiger partial charge in [0.1, 0.15) is 11.4 Å². The SMILES string of the molecule is CC(C)(C)OC(=O)NC1CCN(c2cc(Nc3c(C(=O)C4CC4)cnc4ccc(Br)cc34)ccn2)CC1. The van der Waals surface area contributed by atoms with E-state index in [1.54, 1.807) is 12.4 Å². The lowest BCUT2D eigenvalue weighted by atomic mass is 10.0. The molecule has 3 heterocycles. The van der Waals surface area contributed by atoms with E-state index in [-0.39, 0.29) is 23.8 Å². The van der Waals surface area contributed by atoms with Crippen molar-refractivity contribution in [1.82, 2.24) is 15.3 Å². The van der Waals surface area contributed by atoms with Crippen LogP contribution in [0.25, 0.3) is 10.9 Å². The highest BCUT2D eigenvalue weighted by Crippen LogP contribution is 2.38. The molecule has 2 fully saturated rings. The van der Waals surface area contributed by atoms with E-state index in [4.69, 9.17) is 4.74 Å². The number of Topliss-reactive ketones (excluding diaryl/α,β-unsaturated/α-hetero) is 1. The van der Waals surface area contributed by atoms with Crippen LogP contribution in [0.1, 0.15) is 56.8 Å². The van der Waals surface area contributed by atoms with Crippen LogP contribution in [-0.2, 0) is 4.74 Å². The first-order valence-electron chi connectivity index (χ1n) is 12.8. The zero-order valence-corrected chi connectivity index (χ0v) is 23.0. The van der Waals surface area contributed by atoms with E-state index >= 15 is 0 Å². The number of alkyl carbamates (subject to hydrolysis) is 1. The van der Waals surface area contributed by atoms with E-state index in [0.717, 1.165) is 71.3 Å². The number of nitrogens with one attached hydrogen (secondary N) is 2. The van der Waals surface area contributed by atoms with Crippen molar-refractivity contribution in [3.05, 3.63) is 52.8 Å². The molecule has 0 radical (unpaired) electrons. The number of pyridine rings is 2. The Morgan fingerprint density at radius 2 is 1.81 bits per heavy atom. The fourth-order valence-electron chi connectivity index (χ4n) is 4.59. The molecule has 37 heavy (non-hydrogen) atoms. The lowest BCUT2D eigenvalue weighted by Gasteiger charge is -2.33. The number of ether oxygens (including phenoxy) is 1. The minimum atomic E-state index is -0.512. The number of aromatic nitrogens is 2. The summed E-state index contributed by atoms with van der Waals surface area (Å²) in [5, 5.41) is 7.40. The molecule has 5 rings (SSSR count). The Bertz CT molecular complexity index is 1330. The molecule has 0 unspecified atom stereocenters. The molecule has 1 aromatic carbocycles. The van der Waals surface area contributed by atoms with Crippen LogP contribution in [0.5, 0.6) is 0 Å². The standard InChI is InChI=1S/C28H32BrN5O3/c1-28(2,3)37-27(36)33-19-9-12-34(13-10-19)24-15-20(8-11-30-24)32-25-21-14-18(29)6-7-23(21)31-16-22(25)26(35)17-4-5-17/h6-8,11,14-17,19H,4-5,9-10,12-13H2,1-3H3,(H,33,36)(H,30,31,32). The quantitative estimate of drug-likeness (QED) is 0.342. The van der Waals surface area contributed by atoms with Gasteiger partial charge in [-0.05, 0) is 70.7 Å². The Labute approximate surface area is 225 Å². The molecule has 194 valence electrons. The van der Waals surface area contributed by atoms with Crippen LogP contribution in [0, 0.1) is 5.92 Å². The molecule has 8 nitrogen and oxygen atoms in total. The number of hydrogen-bond donors (Lipinski definition) is 2. The van der Waals surface area contributed by atoms with Crippen LogP contribution in [0.3, 0.4) is 0 Å². The van der Waals surface area contributed by atoms with Gasteiger partial charge in [0.15, 0.2) is 5.78 Å². The van der Waals surface area contributed by atoms with E-state index in [1.165, 1.54) is 0 Å². The van der Waals surface area contributed by atoms with Gasteiger partial charge in [-0.3, -0.25) is 9.78 Å². The number of amides is 1. The molecule has 1 amide bonds. The summed E-state index contributed by atoms with van der Waals surface area (Å²) in [7, 11) is 0. The van der Waals surface area contributed by atoms with Gasteiger partial charge in [-0.2, -0.15) is 0 Å². The van der Waals surface area contributed by atoms with E-state index in [0.29, 0.717) is 5.56 Å². The van der Waals surface area contributed by atoms with Crippen molar-refractivity contribution >= 4 is 55.9 Å². The lowest BCUT2D eigenvalue weighted by Crippen LogP contribution is -2.46. The summed E-state index contributed by atoms with van der Waals surface area (Å²) in [6.45, 7) is 7.13. The normalized spacial score (nSPS) is 16.5. The third kappa shape index (κ3) is 6.21. The molecule has 1 saturated carbocycles. The lowest BCUT2D eigenvalue weighted by molar-refractivity contribution is 0.0497. The Morgan fingerprint density at radius 1 is 1.05 bits per heavy atom. The number of rotatable bonds is 6. The molecule has 2 aromatic heterocycles. The molecule has 0 atom stereocenters. The zero-order chi connectivity index (χ0) is 26.2. The third-order valence-electron chi connectivity index (χ3n) is 6.60. The maximum Gasteiger partial charge on any atom is 0.407 e. The summed E-state index contributed by atoms with van der Waals surface area (Å²) >= 11 is 3.56. The molecule has 1 aliphatic heterocycles. The van der Waals surface area contributed by atoms with Crippen molar-refractivity contribution in [1.29, 1.82) is 0 Å². The van der Waals surface area contributed by atoms with Crippen molar-refractivity contribution in [3.8, 4) is 0 Å². The Morgan fingerprint density at radius 3 is 2.51 bits per heavy atom. The molecule has 0 bridgehead atoms. The topological polar surface area (TPSA) is 96.5 Å². The number of carbonyl (C=O) groups is 2. The molecule has 2 N–H and O–H groups in total. The molecule has 0 spiro atoms. The summed E-state index contributed by atoms with van der Waals surface area (Å²) in [5.41, 5.74) is 2.57. The predicted molar refractivity (Wildman–Crippen MR) is 149 cm³/mol. The maximum absolute atomic E-state index is 13.1. The zero-order valence-electron chi connectivity index (χ0n) is 21.4. The molecule has 2 aliphatic rings. The molecular formula is C28H32BrN5O3. The highest BCUT2D eigenvalue weighted by atomic mass is 79.9. The maximum atomic E-state index is 13.1. The van der Waals surface area contributed by atoms with Crippen molar-refractivity contribution < 1.29 is 14.3 Å². The first-order valence-corrected chi connectivity index (χ1v) is 13.6. The fourth-order valence-corrected chi connectivity index (χ4v) is 4.95. The van der Waals surface area contributed by atoms with Crippen LogP contribution >= 0.6 is 15.9 Å². The van der Waals surface area contributed by atoms with E-state index in [9.17, 15) is 9.59 Å². The number of fused-ring (bicyclic) bond motifs is 1. The number of piperidine rings is 1. The number of halogens is 1. The third-order valence-corrected chi connectivity index (χ3v) is 7.09. The number of anilines is 3. The van der Waals surface area contributed by atoms with Crippen LogP contribution in [0.2, 0.25) is 0 Å². The smallest absolute Gasteiger partial charge is 0.407 e.